The number of nitro groups is 2. The van der Waals surface area contributed by atoms with E-state index in [1.807, 2.05) is 0 Å². The molecular weight excluding hydrogens is 851 g/mol. The second kappa shape index (κ2) is 20.8. The van der Waals surface area contributed by atoms with Crippen LogP contribution in [0, 0.1) is 20.2 Å². The van der Waals surface area contributed by atoms with Crippen molar-refractivity contribution in [1.29, 1.82) is 0 Å². The third kappa shape index (κ3) is 12.8. The molecule has 0 unspecified atom stereocenters. The maximum atomic E-state index is 12.9. The summed E-state index contributed by atoms with van der Waals surface area (Å²) in [6.07, 6.45) is 5.97. The minimum atomic E-state index is -3.74. The number of piperidine rings is 2. The average Bonchev–Trinajstić information content (AvgIpc) is 3.19. The van der Waals surface area contributed by atoms with Gasteiger partial charge in [-0.1, -0.05) is 29.3 Å². The van der Waals surface area contributed by atoms with Crippen molar-refractivity contribution in [2.45, 2.75) is 54.2 Å². The van der Waals surface area contributed by atoms with Crippen LogP contribution in [0.5, 0.6) is 5.75 Å². The first-order valence-corrected chi connectivity index (χ1v) is 21.7. The van der Waals surface area contributed by atoms with Crippen molar-refractivity contribution in [3.63, 3.8) is 0 Å². The van der Waals surface area contributed by atoms with Crippen LogP contribution in [0.1, 0.15) is 31.2 Å². The number of aromatic nitrogens is 2. The molecular formula is C34H39Cl3N8O10S2. The van der Waals surface area contributed by atoms with Crippen molar-refractivity contribution in [3.05, 3.63) is 109 Å². The van der Waals surface area contributed by atoms with Gasteiger partial charge in [-0.05, 0) is 86.8 Å². The number of halogens is 3. The molecule has 6 rings (SSSR count). The number of rotatable bonds is 11. The lowest BCUT2D eigenvalue weighted by molar-refractivity contribution is -0.384. The molecule has 23 heteroatoms. The van der Waals surface area contributed by atoms with Crippen molar-refractivity contribution in [1.82, 2.24) is 19.6 Å². The lowest BCUT2D eigenvalue weighted by Gasteiger charge is -2.31. The van der Waals surface area contributed by atoms with Gasteiger partial charge in [0.15, 0.2) is 0 Å². The Labute approximate surface area is 343 Å². The van der Waals surface area contributed by atoms with Gasteiger partial charge >= 0.3 is 11.4 Å². The van der Waals surface area contributed by atoms with Gasteiger partial charge in [0.2, 0.25) is 21.7 Å². The highest BCUT2D eigenvalue weighted by molar-refractivity contribution is 8.13. The molecule has 4 heterocycles. The molecule has 18 nitrogen and oxygen atoms in total. The smallest absolute Gasteiger partial charge is 0.311 e. The van der Waals surface area contributed by atoms with E-state index in [2.05, 4.69) is 25.9 Å². The molecule has 2 aliphatic rings. The minimum absolute atomic E-state index is 0.0426. The summed E-state index contributed by atoms with van der Waals surface area (Å²) in [7, 11) is -0.895. The van der Waals surface area contributed by atoms with E-state index in [4.69, 9.17) is 43.7 Å². The molecule has 0 bridgehead atoms. The predicted molar refractivity (Wildman–Crippen MR) is 215 cm³/mol. The Kier molecular flexibility index (Phi) is 16.6. The van der Waals surface area contributed by atoms with Crippen LogP contribution in [-0.4, -0.2) is 91.4 Å². The standard InChI is InChI=1S/C17H19ClN4O5S.C10H14N4O2.C7H6Cl2O3S/c1-27-16-5-4-13(11-14(16)18)28(25,26)21-9-6-12(7-10-21)20-17-15(22(23)24)3-2-8-19-17;15-14(16)9-2-1-5-12-10(9)13-8-3-6-11-7-4-8;8-7-3-6(13(9,11)12)2-1-5(7)4-10/h2-5,8,11-12H,6-7,9-10H2,1H3,(H,19,20);1-2,5,8,11H,3-4,6-7H2,(H,12,13);1-3,10H,4H2. The predicted octanol–water partition coefficient (Wildman–Crippen LogP) is 5.83. The summed E-state index contributed by atoms with van der Waals surface area (Å²) >= 11 is 11.7. The molecule has 2 aromatic carbocycles. The molecule has 0 aliphatic carbocycles. The van der Waals surface area contributed by atoms with Gasteiger partial charge in [0.25, 0.3) is 9.05 Å². The fourth-order valence-corrected chi connectivity index (χ4v) is 8.57. The van der Waals surface area contributed by atoms with Crippen LogP contribution in [-0.2, 0) is 25.7 Å². The van der Waals surface area contributed by atoms with Crippen molar-refractivity contribution in [2.24, 2.45) is 0 Å². The third-order valence-corrected chi connectivity index (χ3v) is 12.6. The highest BCUT2D eigenvalue weighted by Crippen LogP contribution is 2.31. The Morgan fingerprint density at radius 3 is 1.79 bits per heavy atom. The topological polar surface area (TPSA) is 249 Å². The summed E-state index contributed by atoms with van der Waals surface area (Å²) in [6, 6.07) is 14.3. The first-order chi connectivity index (χ1) is 27.0. The number of anilines is 2. The summed E-state index contributed by atoms with van der Waals surface area (Å²) < 4.78 is 53.8. The van der Waals surface area contributed by atoms with E-state index in [9.17, 15) is 37.1 Å². The number of sulfonamides is 1. The van der Waals surface area contributed by atoms with Gasteiger partial charge in [0, 0.05) is 65.4 Å². The second-order valence-electron chi connectivity index (χ2n) is 12.4. The van der Waals surface area contributed by atoms with Crippen molar-refractivity contribution in [2.75, 3.05) is 43.9 Å². The molecule has 4 aromatic rings. The van der Waals surface area contributed by atoms with Crippen molar-refractivity contribution in [3.8, 4) is 5.75 Å². The fraction of sp³-hybridized carbons (Fsp3) is 0.353. The van der Waals surface area contributed by atoms with Crippen LogP contribution in [0.25, 0.3) is 0 Å². The minimum Gasteiger partial charge on any atom is -0.495 e. The van der Waals surface area contributed by atoms with Crippen LogP contribution in [0.3, 0.4) is 0 Å². The number of aliphatic hydroxyl groups is 1. The molecule has 0 amide bonds. The van der Waals surface area contributed by atoms with E-state index in [0.29, 0.717) is 30.0 Å². The lowest BCUT2D eigenvalue weighted by Crippen LogP contribution is -2.42. The number of hydrogen-bond donors (Lipinski definition) is 4. The Hall–Kier alpha value is -4.41. The zero-order valence-electron chi connectivity index (χ0n) is 30.3. The largest absolute Gasteiger partial charge is 0.495 e. The number of benzene rings is 2. The number of hydrogen-bond acceptors (Lipinski definition) is 15. The molecule has 0 atom stereocenters. The molecule has 0 spiro atoms. The zero-order chi connectivity index (χ0) is 41.8. The zero-order valence-corrected chi connectivity index (χ0v) is 34.2. The number of pyridine rings is 2. The average molecular weight is 890 g/mol. The van der Waals surface area contributed by atoms with Gasteiger partial charge < -0.3 is 25.8 Å². The van der Waals surface area contributed by atoms with Crippen molar-refractivity contribution >= 4 is 76.0 Å². The van der Waals surface area contributed by atoms with Crippen LogP contribution in [0.2, 0.25) is 10.0 Å². The second-order valence-corrected chi connectivity index (χ2v) is 17.7. The first kappa shape index (κ1) is 45.3. The highest BCUT2D eigenvalue weighted by Gasteiger charge is 2.31. The number of nitrogens with one attached hydrogen (secondary N) is 3. The summed E-state index contributed by atoms with van der Waals surface area (Å²) in [5, 5.41) is 40.5. The Morgan fingerprint density at radius 2 is 1.33 bits per heavy atom. The molecule has 2 fully saturated rings. The number of aliphatic hydroxyl groups excluding tert-OH is 1. The van der Waals surface area contributed by atoms with Gasteiger partial charge in [0.05, 0.1) is 38.4 Å². The Bertz CT molecular complexity index is 2240. The van der Waals surface area contributed by atoms with Crippen molar-refractivity contribution < 1.29 is 36.5 Å². The summed E-state index contributed by atoms with van der Waals surface area (Å²) in [5.74, 6) is 0.968. The van der Waals surface area contributed by atoms with Gasteiger partial charge in [-0.25, -0.2) is 26.8 Å². The molecule has 0 saturated carbocycles. The number of ether oxygens (including phenoxy) is 1. The molecule has 2 aliphatic heterocycles. The summed E-state index contributed by atoms with van der Waals surface area (Å²) in [5.41, 5.74) is 0.400. The monoisotopic (exact) mass is 888 g/mol. The molecule has 4 N–H and O–H groups in total. The van der Waals surface area contributed by atoms with E-state index < -0.39 is 28.9 Å². The number of nitrogens with zero attached hydrogens (tertiary/aromatic N) is 5. The van der Waals surface area contributed by atoms with Gasteiger partial charge in [-0.3, -0.25) is 20.2 Å². The van der Waals surface area contributed by atoms with Gasteiger partial charge in [-0.15, -0.1) is 0 Å². The van der Waals surface area contributed by atoms with Crippen LogP contribution in [0.15, 0.2) is 82.8 Å². The SMILES string of the molecule is COc1ccc(S(=O)(=O)N2CCC(Nc3ncccc3[N+](=O)[O-])CC2)cc1Cl.O=S(=O)(Cl)c1ccc(CO)c(Cl)c1.O=[N+]([O-])c1cccnc1NC1CCNCC1. The molecule has 2 saturated heterocycles. The van der Waals surface area contributed by atoms with E-state index >= 15 is 0 Å². The van der Waals surface area contributed by atoms with E-state index in [0.717, 1.165) is 25.9 Å². The fourth-order valence-electron chi connectivity index (χ4n) is 5.67. The molecule has 2 aromatic heterocycles. The van der Waals surface area contributed by atoms with Gasteiger partial charge in [0.1, 0.15) is 5.75 Å². The normalized spacial score (nSPS) is 15.2. The van der Waals surface area contributed by atoms with E-state index in [1.54, 1.807) is 12.3 Å². The summed E-state index contributed by atoms with van der Waals surface area (Å²) in [6.45, 7) is 2.21. The molecule has 0 radical (unpaired) electrons. The third-order valence-electron chi connectivity index (χ3n) is 8.68. The maximum absolute atomic E-state index is 12.9. The summed E-state index contributed by atoms with van der Waals surface area (Å²) in [4.78, 5) is 29.0. The Balaban J connectivity index is 0.000000209. The lowest BCUT2D eigenvalue weighted by atomic mass is 10.1. The van der Waals surface area contributed by atoms with Crippen LogP contribution >= 0.6 is 33.9 Å². The first-order valence-electron chi connectivity index (χ1n) is 17.1. The van der Waals surface area contributed by atoms with Crippen LogP contribution in [0.4, 0.5) is 23.0 Å². The van der Waals surface area contributed by atoms with Gasteiger partial charge in [-0.2, -0.15) is 4.31 Å². The quantitative estimate of drug-likeness (QED) is 0.0786. The highest BCUT2D eigenvalue weighted by atomic mass is 35.7. The number of methoxy groups -OCH3 is 1. The molecule has 308 valence electrons. The van der Waals surface area contributed by atoms with E-state index in [-0.39, 0.29) is 68.8 Å². The maximum Gasteiger partial charge on any atom is 0.311 e. The molecule has 57 heavy (non-hydrogen) atoms. The van der Waals surface area contributed by atoms with Crippen LogP contribution < -0.4 is 20.7 Å². The Morgan fingerprint density at radius 1 is 0.825 bits per heavy atom. The van der Waals surface area contributed by atoms with E-state index in [1.165, 1.54) is 72.2 Å².